The van der Waals surface area contributed by atoms with Gasteiger partial charge < -0.3 is 4.48 Å². The van der Waals surface area contributed by atoms with Gasteiger partial charge in [-0.15, -0.1) is 0 Å². The highest BCUT2D eigenvalue weighted by molar-refractivity contribution is 4.85. The molecule has 3 aliphatic rings. The first-order valence-corrected chi connectivity index (χ1v) is 6.09. The van der Waals surface area contributed by atoms with Crippen LogP contribution in [0.15, 0.2) is 0 Å². The highest BCUT2D eigenvalue weighted by atomic mass is 15.4. The molecule has 3 aliphatic heterocycles. The summed E-state index contributed by atoms with van der Waals surface area (Å²) in [5.74, 6) is 0. The molecule has 0 aromatic heterocycles. The predicted molar refractivity (Wildman–Crippen MR) is 56.6 cm³/mol. The van der Waals surface area contributed by atoms with Crippen LogP contribution in [0.3, 0.4) is 0 Å². The van der Waals surface area contributed by atoms with E-state index in [1.54, 1.807) is 0 Å². The molecule has 0 aromatic carbocycles. The number of rotatable bonds is 3. The summed E-state index contributed by atoms with van der Waals surface area (Å²) in [4.78, 5) is 0. The molecular formula is C12H24N+. The summed E-state index contributed by atoms with van der Waals surface area (Å²) in [5, 5.41) is 0. The van der Waals surface area contributed by atoms with Crippen LogP contribution in [0.1, 0.15) is 46.0 Å². The van der Waals surface area contributed by atoms with Crippen molar-refractivity contribution >= 4 is 0 Å². The number of piperidine rings is 3. The van der Waals surface area contributed by atoms with E-state index in [0.29, 0.717) is 0 Å². The fourth-order valence-electron chi connectivity index (χ4n) is 3.47. The Morgan fingerprint density at radius 2 is 1.54 bits per heavy atom. The molecule has 0 unspecified atom stereocenters. The highest BCUT2D eigenvalue weighted by Crippen LogP contribution is 2.46. The van der Waals surface area contributed by atoms with E-state index in [0.717, 1.165) is 5.41 Å². The van der Waals surface area contributed by atoms with Gasteiger partial charge in [-0.25, -0.2) is 0 Å². The van der Waals surface area contributed by atoms with Crippen LogP contribution in [-0.2, 0) is 0 Å². The topological polar surface area (TPSA) is 0 Å². The number of hydrogen-bond acceptors (Lipinski definition) is 0. The summed E-state index contributed by atoms with van der Waals surface area (Å²) in [6, 6.07) is 0. The summed E-state index contributed by atoms with van der Waals surface area (Å²) in [5.41, 5.74) is 0.785. The van der Waals surface area contributed by atoms with Crippen molar-refractivity contribution in [1.82, 2.24) is 0 Å². The maximum Gasteiger partial charge on any atom is 0.0792 e. The summed E-state index contributed by atoms with van der Waals surface area (Å²) in [6.07, 6.45) is 7.36. The number of nitrogens with zero attached hydrogens (tertiary/aromatic N) is 1. The lowest BCUT2D eigenvalue weighted by Crippen LogP contribution is -2.61. The second-order valence-electron chi connectivity index (χ2n) is 5.34. The Hall–Kier alpha value is -0.0400. The number of quaternary nitrogens is 1. The normalized spacial score (nSPS) is 43.8. The van der Waals surface area contributed by atoms with E-state index >= 15 is 0 Å². The van der Waals surface area contributed by atoms with Crippen molar-refractivity contribution < 1.29 is 4.48 Å². The Kier molecular flexibility index (Phi) is 2.39. The van der Waals surface area contributed by atoms with Crippen LogP contribution in [0.5, 0.6) is 0 Å². The van der Waals surface area contributed by atoms with E-state index in [4.69, 9.17) is 0 Å². The Morgan fingerprint density at radius 3 is 1.92 bits per heavy atom. The first-order valence-electron chi connectivity index (χ1n) is 6.09. The van der Waals surface area contributed by atoms with E-state index in [1.807, 2.05) is 0 Å². The standard InChI is InChI=1S/C12H24N/c1-3-8-13-9-5-12(4-2,6-10-13)7-11-13/h3-11H2,1-2H3/q+1. The molecule has 0 amide bonds. The van der Waals surface area contributed by atoms with Gasteiger partial charge in [0, 0.05) is 19.3 Å². The Labute approximate surface area is 82.7 Å². The number of hydrogen-bond donors (Lipinski definition) is 0. The SMILES string of the molecule is CCC[N+]12CCC(CC)(CC1)CC2. The molecule has 3 heterocycles. The predicted octanol–water partition coefficient (Wildman–Crippen LogP) is 2.81. The van der Waals surface area contributed by atoms with Gasteiger partial charge >= 0.3 is 0 Å². The van der Waals surface area contributed by atoms with Crippen LogP contribution < -0.4 is 0 Å². The molecule has 0 radical (unpaired) electrons. The molecule has 76 valence electrons. The quantitative estimate of drug-likeness (QED) is 0.589. The minimum absolute atomic E-state index is 0.785. The van der Waals surface area contributed by atoms with Gasteiger partial charge in [-0.3, -0.25) is 0 Å². The summed E-state index contributed by atoms with van der Waals surface area (Å²) < 4.78 is 1.47. The summed E-state index contributed by atoms with van der Waals surface area (Å²) in [7, 11) is 0. The van der Waals surface area contributed by atoms with E-state index in [2.05, 4.69) is 13.8 Å². The van der Waals surface area contributed by atoms with Gasteiger partial charge in [-0.05, 0) is 18.3 Å². The van der Waals surface area contributed by atoms with E-state index in [-0.39, 0.29) is 0 Å². The maximum absolute atomic E-state index is 2.39. The van der Waals surface area contributed by atoms with Gasteiger partial charge in [0.1, 0.15) is 0 Å². The van der Waals surface area contributed by atoms with Crippen molar-refractivity contribution in [3.8, 4) is 0 Å². The lowest BCUT2D eigenvalue weighted by atomic mass is 9.69. The van der Waals surface area contributed by atoms with Crippen molar-refractivity contribution in [2.24, 2.45) is 5.41 Å². The third-order valence-electron chi connectivity index (χ3n) is 4.80. The van der Waals surface area contributed by atoms with Crippen LogP contribution in [0.25, 0.3) is 0 Å². The Morgan fingerprint density at radius 1 is 1.00 bits per heavy atom. The lowest BCUT2D eigenvalue weighted by molar-refractivity contribution is -0.945. The molecule has 13 heavy (non-hydrogen) atoms. The average Bonchev–Trinajstić information content (AvgIpc) is 2.21. The largest absolute Gasteiger partial charge is 0.324 e. The highest BCUT2D eigenvalue weighted by Gasteiger charge is 2.47. The minimum atomic E-state index is 0.785. The van der Waals surface area contributed by atoms with E-state index < -0.39 is 0 Å². The molecule has 1 nitrogen and oxygen atoms in total. The molecule has 0 aliphatic carbocycles. The molecule has 0 atom stereocenters. The molecule has 3 fully saturated rings. The van der Waals surface area contributed by atoms with Crippen LogP contribution in [0.4, 0.5) is 0 Å². The van der Waals surface area contributed by atoms with Crippen molar-refractivity contribution in [2.75, 3.05) is 26.2 Å². The second kappa shape index (κ2) is 3.27. The Bertz CT molecular complexity index is 161. The number of fused-ring (bicyclic) bond motifs is 3. The first-order chi connectivity index (χ1) is 6.24. The molecule has 0 spiro atoms. The van der Waals surface area contributed by atoms with Crippen molar-refractivity contribution in [2.45, 2.75) is 46.0 Å². The van der Waals surface area contributed by atoms with Gasteiger partial charge in [-0.2, -0.15) is 0 Å². The van der Waals surface area contributed by atoms with Crippen molar-refractivity contribution in [3.05, 3.63) is 0 Å². The van der Waals surface area contributed by atoms with Crippen LogP contribution in [-0.4, -0.2) is 30.7 Å². The molecule has 3 saturated heterocycles. The molecule has 0 N–H and O–H groups in total. The molecular weight excluding hydrogens is 158 g/mol. The van der Waals surface area contributed by atoms with Gasteiger partial charge in [0.05, 0.1) is 26.2 Å². The summed E-state index contributed by atoms with van der Waals surface area (Å²) >= 11 is 0. The second-order valence-corrected chi connectivity index (χ2v) is 5.34. The molecule has 0 saturated carbocycles. The minimum Gasteiger partial charge on any atom is -0.324 e. The zero-order chi connectivity index (χ0) is 9.36. The third-order valence-corrected chi connectivity index (χ3v) is 4.80. The zero-order valence-corrected chi connectivity index (χ0v) is 9.31. The van der Waals surface area contributed by atoms with Crippen molar-refractivity contribution in [3.63, 3.8) is 0 Å². The van der Waals surface area contributed by atoms with Gasteiger partial charge in [0.25, 0.3) is 0 Å². The maximum atomic E-state index is 2.39. The van der Waals surface area contributed by atoms with Gasteiger partial charge in [0.15, 0.2) is 0 Å². The van der Waals surface area contributed by atoms with Crippen LogP contribution >= 0.6 is 0 Å². The fourth-order valence-corrected chi connectivity index (χ4v) is 3.47. The van der Waals surface area contributed by atoms with Crippen LogP contribution in [0.2, 0.25) is 0 Å². The van der Waals surface area contributed by atoms with Crippen LogP contribution in [0, 0.1) is 5.41 Å². The summed E-state index contributed by atoms with van der Waals surface area (Å²) in [6.45, 7) is 10.6. The molecule has 2 bridgehead atoms. The molecule has 3 rings (SSSR count). The Balaban J connectivity index is 2.03. The molecule has 0 aromatic rings. The van der Waals surface area contributed by atoms with Gasteiger partial charge in [0.2, 0.25) is 0 Å². The molecule has 1 heteroatoms. The third kappa shape index (κ3) is 1.52. The monoisotopic (exact) mass is 182 g/mol. The van der Waals surface area contributed by atoms with E-state index in [1.165, 1.54) is 62.8 Å². The average molecular weight is 182 g/mol. The van der Waals surface area contributed by atoms with Gasteiger partial charge in [-0.1, -0.05) is 13.8 Å². The first kappa shape index (κ1) is 9.51. The lowest BCUT2D eigenvalue weighted by Gasteiger charge is -2.54. The van der Waals surface area contributed by atoms with E-state index in [9.17, 15) is 0 Å². The van der Waals surface area contributed by atoms with Crippen molar-refractivity contribution in [1.29, 1.82) is 0 Å². The fraction of sp³-hybridized carbons (Fsp3) is 1.00. The zero-order valence-electron chi connectivity index (χ0n) is 9.31. The smallest absolute Gasteiger partial charge is 0.0792 e.